The SMILES string of the molecule is COC(=O)c1cc(C(=O)O)cc(N(C)C(=O)OC(C)(C)C)c1. The van der Waals surface area contributed by atoms with E-state index >= 15 is 0 Å². The third kappa shape index (κ3) is 4.47. The van der Waals surface area contributed by atoms with Crippen LogP contribution in [0.3, 0.4) is 0 Å². The molecule has 1 rings (SSSR count). The third-order valence-electron chi connectivity index (χ3n) is 2.64. The fourth-order valence-corrected chi connectivity index (χ4v) is 1.60. The number of benzene rings is 1. The molecule has 0 aliphatic carbocycles. The fourth-order valence-electron chi connectivity index (χ4n) is 1.60. The van der Waals surface area contributed by atoms with Gasteiger partial charge in [0.25, 0.3) is 0 Å². The lowest BCUT2D eigenvalue weighted by Gasteiger charge is -2.25. The molecule has 0 atom stereocenters. The zero-order valence-electron chi connectivity index (χ0n) is 13.2. The van der Waals surface area contributed by atoms with Crippen molar-refractivity contribution >= 4 is 23.7 Å². The number of methoxy groups -OCH3 is 1. The molecule has 0 fully saturated rings. The molecule has 22 heavy (non-hydrogen) atoms. The van der Waals surface area contributed by atoms with Gasteiger partial charge in [0.15, 0.2) is 0 Å². The van der Waals surface area contributed by atoms with Crippen LogP contribution in [0.4, 0.5) is 10.5 Å². The first-order chi connectivity index (χ1) is 10.0. The van der Waals surface area contributed by atoms with E-state index in [4.69, 9.17) is 9.84 Å². The highest BCUT2D eigenvalue weighted by Crippen LogP contribution is 2.21. The van der Waals surface area contributed by atoms with E-state index in [-0.39, 0.29) is 16.8 Å². The lowest BCUT2D eigenvalue weighted by Crippen LogP contribution is -2.34. The van der Waals surface area contributed by atoms with Crippen molar-refractivity contribution in [3.63, 3.8) is 0 Å². The number of carboxylic acids is 1. The Labute approximate surface area is 128 Å². The zero-order valence-corrected chi connectivity index (χ0v) is 13.2. The van der Waals surface area contributed by atoms with E-state index in [1.54, 1.807) is 20.8 Å². The highest BCUT2D eigenvalue weighted by Gasteiger charge is 2.22. The van der Waals surface area contributed by atoms with Crippen molar-refractivity contribution in [3.8, 4) is 0 Å². The van der Waals surface area contributed by atoms with Gasteiger partial charge in [0.1, 0.15) is 5.60 Å². The summed E-state index contributed by atoms with van der Waals surface area (Å²) in [5, 5.41) is 9.11. The second-order valence-corrected chi connectivity index (χ2v) is 5.60. The van der Waals surface area contributed by atoms with E-state index in [1.165, 1.54) is 32.4 Å². The molecule has 0 aliphatic heterocycles. The Hall–Kier alpha value is -2.57. The monoisotopic (exact) mass is 309 g/mol. The molecule has 0 aliphatic rings. The molecule has 7 heteroatoms. The first-order valence-electron chi connectivity index (χ1n) is 6.48. The van der Waals surface area contributed by atoms with Gasteiger partial charge in [-0.15, -0.1) is 0 Å². The van der Waals surface area contributed by atoms with Crippen LogP contribution in [0.15, 0.2) is 18.2 Å². The molecule has 0 unspecified atom stereocenters. The fraction of sp³-hybridized carbons (Fsp3) is 0.400. The van der Waals surface area contributed by atoms with Crippen molar-refractivity contribution in [1.82, 2.24) is 0 Å². The number of anilines is 1. The summed E-state index contributed by atoms with van der Waals surface area (Å²) in [6.07, 6.45) is -0.661. The number of carboxylic acid groups (broad SMARTS) is 1. The minimum Gasteiger partial charge on any atom is -0.478 e. The lowest BCUT2D eigenvalue weighted by molar-refractivity contribution is 0.0578. The number of hydrogen-bond donors (Lipinski definition) is 1. The number of amides is 1. The predicted molar refractivity (Wildman–Crippen MR) is 79.4 cm³/mol. The molecule has 1 aromatic rings. The van der Waals surface area contributed by atoms with Gasteiger partial charge in [-0.05, 0) is 39.0 Å². The van der Waals surface area contributed by atoms with Crippen molar-refractivity contribution in [2.75, 3.05) is 19.1 Å². The Morgan fingerprint density at radius 2 is 1.64 bits per heavy atom. The summed E-state index contributed by atoms with van der Waals surface area (Å²) in [6, 6.07) is 3.82. The minimum absolute atomic E-state index is 0.0350. The summed E-state index contributed by atoms with van der Waals surface area (Å²) in [6.45, 7) is 5.14. The average molecular weight is 309 g/mol. The molecular formula is C15H19NO6. The van der Waals surface area contributed by atoms with Crippen LogP contribution in [0.5, 0.6) is 0 Å². The van der Waals surface area contributed by atoms with Crippen molar-refractivity contribution < 1.29 is 29.0 Å². The van der Waals surface area contributed by atoms with Gasteiger partial charge >= 0.3 is 18.0 Å². The number of carbonyl (C=O) groups is 3. The number of aromatic carboxylic acids is 1. The number of nitrogens with zero attached hydrogens (tertiary/aromatic N) is 1. The van der Waals surface area contributed by atoms with Crippen LogP contribution in [0.1, 0.15) is 41.5 Å². The summed E-state index contributed by atoms with van der Waals surface area (Å²) in [5.74, 6) is -1.91. The van der Waals surface area contributed by atoms with Gasteiger partial charge in [0, 0.05) is 12.7 Å². The smallest absolute Gasteiger partial charge is 0.414 e. The van der Waals surface area contributed by atoms with Crippen molar-refractivity contribution in [3.05, 3.63) is 29.3 Å². The van der Waals surface area contributed by atoms with Gasteiger partial charge in [0.05, 0.1) is 18.2 Å². The quantitative estimate of drug-likeness (QED) is 0.862. The standard InChI is InChI=1S/C15H19NO6/c1-15(2,3)22-14(20)16(4)11-7-9(12(17)18)6-10(8-11)13(19)21-5/h6-8H,1-5H3,(H,17,18). The van der Waals surface area contributed by atoms with Crippen LogP contribution in [-0.4, -0.2) is 42.9 Å². The van der Waals surface area contributed by atoms with Gasteiger partial charge in [-0.2, -0.15) is 0 Å². The molecule has 0 bridgehead atoms. The van der Waals surface area contributed by atoms with Gasteiger partial charge in [-0.1, -0.05) is 0 Å². The Morgan fingerprint density at radius 1 is 1.09 bits per heavy atom. The second kappa shape index (κ2) is 6.46. The summed E-state index contributed by atoms with van der Waals surface area (Å²) >= 11 is 0. The van der Waals surface area contributed by atoms with E-state index in [2.05, 4.69) is 4.74 Å². The van der Waals surface area contributed by atoms with E-state index in [1.807, 2.05) is 0 Å². The van der Waals surface area contributed by atoms with Crippen molar-refractivity contribution in [2.45, 2.75) is 26.4 Å². The average Bonchev–Trinajstić information content (AvgIpc) is 2.43. The largest absolute Gasteiger partial charge is 0.478 e. The maximum Gasteiger partial charge on any atom is 0.414 e. The van der Waals surface area contributed by atoms with Gasteiger partial charge in [-0.3, -0.25) is 4.90 Å². The molecule has 0 spiro atoms. The Balaban J connectivity index is 3.22. The van der Waals surface area contributed by atoms with E-state index < -0.39 is 23.6 Å². The highest BCUT2D eigenvalue weighted by molar-refractivity contribution is 5.98. The predicted octanol–water partition coefficient (Wildman–Crippen LogP) is 2.54. The summed E-state index contributed by atoms with van der Waals surface area (Å²) in [4.78, 5) is 35.9. The van der Waals surface area contributed by atoms with Crippen molar-refractivity contribution in [2.24, 2.45) is 0 Å². The molecule has 1 aromatic carbocycles. The molecular weight excluding hydrogens is 290 g/mol. The van der Waals surface area contributed by atoms with Gasteiger partial charge in [0.2, 0.25) is 0 Å². The summed E-state index contributed by atoms with van der Waals surface area (Å²) in [7, 11) is 2.61. The van der Waals surface area contributed by atoms with Gasteiger partial charge in [-0.25, -0.2) is 14.4 Å². The Bertz CT molecular complexity index is 603. The lowest BCUT2D eigenvalue weighted by atomic mass is 10.1. The number of rotatable bonds is 3. The molecule has 0 saturated heterocycles. The summed E-state index contributed by atoms with van der Waals surface area (Å²) in [5.41, 5.74) is -0.573. The number of hydrogen-bond acceptors (Lipinski definition) is 5. The molecule has 0 radical (unpaired) electrons. The minimum atomic E-state index is -1.22. The highest BCUT2D eigenvalue weighted by atomic mass is 16.6. The maximum absolute atomic E-state index is 12.0. The first-order valence-corrected chi connectivity index (χ1v) is 6.48. The van der Waals surface area contributed by atoms with Crippen LogP contribution in [0.25, 0.3) is 0 Å². The third-order valence-corrected chi connectivity index (χ3v) is 2.64. The van der Waals surface area contributed by atoms with Crippen LogP contribution in [-0.2, 0) is 9.47 Å². The van der Waals surface area contributed by atoms with Crippen molar-refractivity contribution in [1.29, 1.82) is 0 Å². The molecule has 1 N–H and O–H groups in total. The molecule has 1 amide bonds. The van der Waals surface area contributed by atoms with Crippen LogP contribution in [0, 0.1) is 0 Å². The molecule has 120 valence electrons. The molecule has 0 saturated carbocycles. The number of esters is 1. The van der Waals surface area contributed by atoms with E-state index in [9.17, 15) is 14.4 Å². The van der Waals surface area contributed by atoms with E-state index in [0.717, 1.165) is 4.90 Å². The zero-order chi connectivity index (χ0) is 17.1. The maximum atomic E-state index is 12.0. The topological polar surface area (TPSA) is 93.1 Å². The normalized spacial score (nSPS) is 10.8. The Morgan fingerprint density at radius 3 is 2.09 bits per heavy atom. The van der Waals surface area contributed by atoms with Crippen LogP contribution in [0.2, 0.25) is 0 Å². The second-order valence-electron chi connectivity index (χ2n) is 5.60. The Kier molecular flexibility index (Phi) is 5.14. The first kappa shape index (κ1) is 17.5. The summed E-state index contributed by atoms with van der Waals surface area (Å²) < 4.78 is 9.78. The van der Waals surface area contributed by atoms with E-state index in [0.29, 0.717) is 0 Å². The molecule has 0 aromatic heterocycles. The number of ether oxygens (including phenoxy) is 2. The van der Waals surface area contributed by atoms with Crippen LogP contribution < -0.4 is 4.90 Å². The van der Waals surface area contributed by atoms with Gasteiger partial charge < -0.3 is 14.6 Å². The molecule has 0 heterocycles. The van der Waals surface area contributed by atoms with Crippen LogP contribution >= 0.6 is 0 Å². The molecule has 7 nitrogen and oxygen atoms in total. The number of carbonyl (C=O) groups excluding carboxylic acids is 2.